The zero-order valence-electron chi connectivity index (χ0n) is 10.7. The lowest BCUT2D eigenvalue weighted by Gasteiger charge is -2.12. The third kappa shape index (κ3) is 3.14. The molecule has 1 heterocycles. The molecule has 0 aliphatic carbocycles. The fraction of sp³-hybridized carbons (Fsp3) is 0.167. The molecule has 8 heteroatoms. The van der Waals surface area contributed by atoms with Crippen LogP contribution in [0.3, 0.4) is 0 Å². The predicted octanol–water partition coefficient (Wildman–Crippen LogP) is 1.81. The number of anilines is 1. The smallest absolute Gasteiger partial charge is 0.263 e. The Kier molecular flexibility index (Phi) is 4.36. The number of sulfonamides is 1. The van der Waals surface area contributed by atoms with Gasteiger partial charge in [0.25, 0.3) is 10.0 Å². The van der Waals surface area contributed by atoms with Crippen molar-refractivity contribution in [1.29, 1.82) is 0 Å². The SMILES string of the molecule is Cc1c(Br)cc(CN)cc1S(=O)(=O)Nc1cccnn1. The van der Waals surface area contributed by atoms with Gasteiger partial charge in [0, 0.05) is 17.2 Å². The first kappa shape index (κ1) is 14.9. The molecular weight excluding hydrogens is 344 g/mol. The Morgan fingerprint density at radius 1 is 1.40 bits per heavy atom. The van der Waals surface area contributed by atoms with Crippen molar-refractivity contribution in [2.24, 2.45) is 5.73 Å². The molecule has 0 spiro atoms. The summed E-state index contributed by atoms with van der Waals surface area (Å²) in [5.41, 5.74) is 6.91. The highest BCUT2D eigenvalue weighted by molar-refractivity contribution is 9.10. The lowest BCUT2D eigenvalue weighted by molar-refractivity contribution is 0.600. The summed E-state index contributed by atoms with van der Waals surface area (Å²) in [5, 5.41) is 7.34. The van der Waals surface area contributed by atoms with Crippen LogP contribution in [0.2, 0.25) is 0 Å². The van der Waals surface area contributed by atoms with E-state index in [1.165, 1.54) is 12.3 Å². The van der Waals surface area contributed by atoms with Crippen molar-refractivity contribution in [3.63, 3.8) is 0 Å². The summed E-state index contributed by atoms with van der Waals surface area (Å²) >= 11 is 3.34. The molecule has 0 bridgehead atoms. The van der Waals surface area contributed by atoms with E-state index in [0.29, 0.717) is 10.0 Å². The maximum absolute atomic E-state index is 12.4. The Balaban J connectivity index is 2.47. The van der Waals surface area contributed by atoms with E-state index in [-0.39, 0.29) is 17.3 Å². The van der Waals surface area contributed by atoms with Crippen molar-refractivity contribution in [2.75, 3.05) is 4.72 Å². The topological polar surface area (TPSA) is 98.0 Å². The first-order valence-corrected chi connectivity index (χ1v) is 8.01. The van der Waals surface area contributed by atoms with Crippen LogP contribution in [0.15, 0.2) is 39.8 Å². The molecule has 6 nitrogen and oxygen atoms in total. The molecule has 0 radical (unpaired) electrons. The first-order chi connectivity index (χ1) is 9.44. The standard InChI is InChI=1S/C12H13BrN4O2S/c1-8-10(13)5-9(7-14)6-11(8)20(18,19)17-12-3-2-4-15-16-12/h2-6H,7,14H2,1H3,(H,16,17). The molecule has 1 aromatic carbocycles. The molecule has 2 rings (SSSR count). The van der Waals surface area contributed by atoms with Gasteiger partial charge in [0.1, 0.15) is 0 Å². The minimum Gasteiger partial charge on any atom is -0.326 e. The summed E-state index contributed by atoms with van der Waals surface area (Å²) in [4.78, 5) is 0.165. The second kappa shape index (κ2) is 5.86. The van der Waals surface area contributed by atoms with Gasteiger partial charge in [-0.15, -0.1) is 5.10 Å². The third-order valence-electron chi connectivity index (χ3n) is 2.69. The van der Waals surface area contributed by atoms with Gasteiger partial charge in [0.05, 0.1) is 4.90 Å². The lowest BCUT2D eigenvalue weighted by Crippen LogP contribution is -2.16. The number of nitrogens with two attached hydrogens (primary N) is 1. The van der Waals surface area contributed by atoms with Gasteiger partial charge in [-0.2, -0.15) is 5.10 Å². The van der Waals surface area contributed by atoms with Crippen LogP contribution in [0, 0.1) is 6.92 Å². The highest BCUT2D eigenvalue weighted by Crippen LogP contribution is 2.26. The zero-order chi connectivity index (χ0) is 14.8. The molecule has 0 fully saturated rings. The number of nitrogens with one attached hydrogen (secondary N) is 1. The summed E-state index contributed by atoms with van der Waals surface area (Å²) in [7, 11) is -3.74. The van der Waals surface area contributed by atoms with Crippen LogP contribution in [-0.2, 0) is 16.6 Å². The molecule has 0 aliphatic heterocycles. The Morgan fingerprint density at radius 3 is 2.75 bits per heavy atom. The van der Waals surface area contributed by atoms with Crippen LogP contribution < -0.4 is 10.5 Å². The maximum atomic E-state index is 12.4. The molecule has 0 amide bonds. The van der Waals surface area contributed by atoms with Crippen LogP contribution in [0.25, 0.3) is 0 Å². The molecule has 3 N–H and O–H groups in total. The number of nitrogens with zero attached hydrogens (tertiary/aromatic N) is 2. The van der Waals surface area contributed by atoms with Gasteiger partial charge >= 0.3 is 0 Å². The molecule has 0 unspecified atom stereocenters. The van der Waals surface area contributed by atoms with Crippen molar-refractivity contribution in [2.45, 2.75) is 18.4 Å². The monoisotopic (exact) mass is 356 g/mol. The molecule has 0 aliphatic rings. The Bertz CT molecular complexity index is 720. The van der Waals surface area contributed by atoms with E-state index in [4.69, 9.17) is 5.73 Å². The Labute approximate surface area is 125 Å². The quantitative estimate of drug-likeness (QED) is 0.870. The number of hydrogen-bond acceptors (Lipinski definition) is 5. The average Bonchev–Trinajstić information content (AvgIpc) is 2.42. The fourth-order valence-corrected chi connectivity index (χ4v) is 3.61. The molecule has 106 valence electrons. The fourth-order valence-electron chi connectivity index (χ4n) is 1.65. The largest absolute Gasteiger partial charge is 0.326 e. The molecule has 20 heavy (non-hydrogen) atoms. The van der Waals surface area contributed by atoms with Gasteiger partial charge in [-0.1, -0.05) is 15.9 Å². The van der Waals surface area contributed by atoms with Gasteiger partial charge < -0.3 is 5.73 Å². The molecule has 1 aromatic heterocycles. The molecule has 0 saturated heterocycles. The van der Waals surface area contributed by atoms with E-state index in [1.807, 2.05) is 0 Å². The van der Waals surface area contributed by atoms with Crippen LogP contribution in [0.1, 0.15) is 11.1 Å². The van der Waals surface area contributed by atoms with Crippen LogP contribution in [0.4, 0.5) is 5.82 Å². The number of rotatable bonds is 4. The van der Waals surface area contributed by atoms with E-state index >= 15 is 0 Å². The number of halogens is 1. The van der Waals surface area contributed by atoms with Crippen molar-refractivity contribution in [3.05, 3.63) is 46.1 Å². The zero-order valence-corrected chi connectivity index (χ0v) is 13.1. The summed E-state index contributed by atoms with van der Waals surface area (Å²) in [6.45, 7) is 1.97. The summed E-state index contributed by atoms with van der Waals surface area (Å²) in [5.74, 6) is 0.168. The lowest BCUT2D eigenvalue weighted by atomic mass is 10.1. The minimum atomic E-state index is -3.74. The first-order valence-electron chi connectivity index (χ1n) is 5.73. The Morgan fingerprint density at radius 2 is 2.15 bits per heavy atom. The van der Waals surface area contributed by atoms with E-state index in [2.05, 4.69) is 30.8 Å². The van der Waals surface area contributed by atoms with E-state index < -0.39 is 10.0 Å². The number of hydrogen-bond donors (Lipinski definition) is 2. The van der Waals surface area contributed by atoms with Gasteiger partial charge in [-0.05, 0) is 42.3 Å². The maximum Gasteiger partial charge on any atom is 0.263 e. The van der Waals surface area contributed by atoms with Gasteiger partial charge in [-0.3, -0.25) is 4.72 Å². The minimum absolute atomic E-state index is 0.165. The molecule has 2 aromatic rings. The average molecular weight is 357 g/mol. The van der Waals surface area contributed by atoms with Gasteiger partial charge in [0.15, 0.2) is 5.82 Å². The van der Waals surface area contributed by atoms with Crippen molar-refractivity contribution < 1.29 is 8.42 Å². The van der Waals surface area contributed by atoms with E-state index in [0.717, 1.165) is 5.56 Å². The molecule has 0 atom stereocenters. The predicted molar refractivity (Wildman–Crippen MR) is 79.6 cm³/mol. The molecule has 0 saturated carbocycles. The highest BCUT2D eigenvalue weighted by Gasteiger charge is 2.20. The van der Waals surface area contributed by atoms with Crippen molar-refractivity contribution in [1.82, 2.24) is 10.2 Å². The van der Waals surface area contributed by atoms with Crippen molar-refractivity contribution in [3.8, 4) is 0 Å². The van der Waals surface area contributed by atoms with Crippen molar-refractivity contribution >= 4 is 31.8 Å². The van der Waals surface area contributed by atoms with Gasteiger partial charge in [0.2, 0.25) is 0 Å². The molecular formula is C12H13BrN4O2S. The van der Waals surface area contributed by atoms with Crippen LogP contribution in [0.5, 0.6) is 0 Å². The summed E-state index contributed by atoms with van der Waals surface area (Å²) in [6.07, 6.45) is 1.47. The summed E-state index contributed by atoms with van der Waals surface area (Å²) < 4.78 is 27.9. The number of aromatic nitrogens is 2. The normalized spacial score (nSPS) is 11.3. The van der Waals surface area contributed by atoms with E-state index in [1.54, 1.807) is 25.1 Å². The number of benzene rings is 1. The second-order valence-electron chi connectivity index (χ2n) is 4.12. The second-order valence-corrected chi connectivity index (χ2v) is 6.62. The Hall–Kier alpha value is -1.51. The van der Waals surface area contributed by atoms with Gasteiger partial charge in [-0.25, -0.2) is 8.42 Å². The highest BCUT2D eigenvalue weighted by atomic mass is 79.9. The van der Waals surface area contributed by atoms with Crippen LogP contribution in [-0.4, -0.2) is 18.6 Å². The van der Waals surface area contributed by atoms with E-state index in [9.17, 15) is 8.42 Å². The third-order valence-corrected chi connectivity index (χ3v) is 5.00. The summed E-state index contributed by atoms with van der Waals surface area (Å²) in [6, 6.07) is 6.49. The van der Waals surface area contributed by atoms with Crippen LogP contribution >= 0.6 is 15.9 Å².